The van der Waals surface area contributed by atoms with Crippen LogP contribution in [0.2, 0.25) is 0 Å². The van der Waals surface area contributed by atoms with Crippen molar-refractivity contribution in [3.05, 3.63) is 90.6 Å². The molecule has 0 bridgehead atoms. The maximum Gasteiger partial charge on any atom is 0.330 e. The van der Waals surface area contributed by atoms with Crippen molar-refractivity contribution in [1.29, 1.82) is 0 Å². The van der Waals surface area contributed by atoms with Crippen LogP contribution in [0.5, 0.6) is 0 Å². The highest BCUT2D eigenvalue weighted by molar-refractivity contribution is 5.98. The molecule has 3 aromatic rings. The molecule has 0 aliphatic carbocycles. The normalized spacial score (nSPS) is 10.7. The summed E-state index contributed by atoms with van der Waals surface area (Å²) in [5.41, 5.74) is 6.59. The Labute approximate surface area is 201 Å². The minimum Gasteiger partial charge on any atom is -0.383 e. The fourth-order valence-corrected chi connectivity index (χ4v) is 3.62. The molecule has 3 rings (SSSR count). The van der Waals surface area contributed by atoms with Crippen molar-refractivity contribution >= 4 is 28.8 Å². The molecule has 0 saturated carbocycles. The molecule has 0 aliphatic heterocycles. The van der Waals surface area contributed by atoms with Crippen LogP contribution in [0.15, 0.2) is 58.1 Å². The second-order valence-electron chi connectivity index (χ2n) is 8.07. The predicted molar refractivity (Wildman–Crippen MR) is 135 cm³/mol. The Morgan fingerprint density at radius 3 is 2.57 bits per heavy atom. The molecule has 0 unspecified atom stereocenters. The van der Waals surface area contributed by atoms with E-state index in [1.165, 1.54) is 21.6 Å². The average Bonchev–Trinajstić information content (AvgIpc) is 2.83. The Bertz CT molecular complexity index is 1330. The van der Waals surface area contributed by atoms with E-state index in [2.05, 4.69) is 10.3 Å². The number of nitrogens with zero attached hydrogens (tertiary/aromatic N) is 3. The fourth-order valence-electron chi connectivity index (χ4n) is 3.62. The molecule has 11 heteroatoms. The number of aromatic amines is 1. The van der Waals surface area contributed by atoms with Crippen LogP contribution in [0.1, 0.15) is 30.9 Å². The molecule has 1 heterocycles. The first-order chi connectivity index (χ1) is 16.7. The molecule has 0 saturated heterocycles. The van der Waals surface area contributed by atoms with Gasteiger partial charge in [-0.25, -0.2) is 4.79 Å². The van der Waals surface area contributed by atoms with Gasteiger partial charge in [-0.05, 0) is 24.5 Å². The molecule has 0 atom stereocenters. The van der Waals surface area contributed by atoms with Crippen LogP contribution < -0.4 is 27.2 Å². The fraction of sp³-hybridized carbons (Fsp3) is 0.292. The number of nitrogens with one attached hydrogen (secondary N) is 2. The number of nitro groups is 1. The standard InChI is InChI=1S/C24H28N6O5/c1-3-4-12-28(20(31)14-26-19-13-18(30(34)35)11-10-16(19)2)21-22(25)29(24(33)27-23(21)32)15-17-8-6-5-7-9-17/h5-11,13,26H,3-4,12,14-15,25H2,1-2H3,(H,27,32,33). The van der Waals surface area contributed by atoms with E-state index in [-0.39, 0.29) is 36.8 Å². The van der Waals surface area contributed by atoms with E-state index >= 15 is 0 Å². The van der Waals surface area contributed by atoms with Crippen molar-refractivity contribution in [3.63, 3.8) is 0 Å². The zero-order chi connectivity index (χ0) is 25.5. The van der Waals surface area contributed by atoms with Crippen molar-refractivity contribution in [2.24, 2.45) is 0 Å². The van der Waals surface area contributed by atoms with E-state index in [1.54, 1.807) is 13.0 Å². The van der Waals surface area contributed by atoms with Crippen LogP contribution in [0.3, 0.4) is 0 Å². The summed E-state index contributed by atoms with van der Waals surface area (Å²) in [5.74, 6) is -0.579. The van der Waals surface area contributed by atoms with Gasteiger partial charge in [-0.2, -0.15) is 0 Å². The Morgan fingerprint density at radius 1 is 1.20 bits per heavy atom. The van der Waals surface area contributed by atoms with Gasteiger partial charge in [0.05, 0.1) is 18.0 Å². The van der Waals surface area contributed by atoms with Gasteiger partial charge in [-0.3, -0.25) is 29.3 Å². The molecule has 0 radical (unpaired) electrons. The lowest BCUT2D eigenvalue weighted by Gasteiger charge is -2.25. The van der Waals surface area contributed by atoms with Gasteiger partial charge in [0.1, 0.15) is 5.82 Å². The molecular weight excluding hydrogens is 452 g/mol. The summed E-state index contributed by atoms with van der Waals surface area (Å²) in [5, 5.41) is 14.0. The molecule has 184 valence electrons. The van der Waals surface area contributed by atoms with E-state index in [4.69, 9.17) is 5.73 Å². The number of H-pyrrole nitrogens is 1. The number of carbonyl (C=O) groups is 1. The van der Waals surface area contributed by atoms with Gasteiger partial charge in [-0.15, -0.1) is 0 Å². The number of aryl methyl sites for hydroxylation is 1. The number of anilines is 3. The van der Waals surface area contributed by atoms with E-state index in [1.807, 2.05) is 37.3 Å². The number of aromatic nitrogens is 2. The highest BCUT2D eigenvalue weighted by atomic mass is 16.6. The van der Waals surface area contributed by atoms with Crippen LogP contribution in [0.25, 0.3) is 0 Å². The van der Waals surface area contributed by atoms with Gasteiger partial charge < -0.3 is 16.0 Å². The highest BCUT2D eigenvalue weighted by Crippen LogP contribution is 2.23. The lowest BCUT2D eigenvalue weighted by molar-refractivity contribution is -0.384. The Balaban J connectivity index is 1.94. The Hall–Kier alpha value is -4.41. The Kier molecular flexibility index (Phi) is 8.03. The SMILES string of the molecule is CCCCN(C(=O)CNc1cc([N+](=O)[O-])ccc1C)c1c(N)n(Cc2ccccc2)c(=O)[nH]c1=O. The number of nitro benzene ring substituents is 1. The number of carbonyl (C=O) groups excluding carboxylic acids is 1. The third-order valence-corrected chi connectivity index (χ3v) is 5.57. The van der Waals surface area contributed by atoms with Crippen molar-refractivity contribution < 1.29 is 9.72 Å². The summed E-state index contributed by atoms with van der Waals surface area (Å²) < 4.78 is 1.22. The largest absolute Gasteiger partial charge is 0.383 e. The summed E-state index contributed by atoms with van der Waals surface area (Å²) in [7, 11) is 0. The number of non-ortho nitro benzene ring substituents is 1. The second kappa shape index (κ2) is 11.1. The first-order valence-electron chi connectivity index (χ1n) is 11.2. The van der Waals surface area contributed by atoms with E-state index in [0.29, 0.717) is 12.1 Å². The number of nitrogen functional groups attached to an aromatic ring is 1. The molecule has 4 N–H and O–H groups in total. The highest BCUT2D eigenvalue weighted by Gasteiger charge is 2.24. The van der Waals surface area contributed by atoms with E-state index in [0.717, 1.165) is 17.5 Å². The third-order valence-electron chi connectivity index (χ3n) is 5.57. The number of amides is 1. The maximum atomic E-state index is 13.2. The van der Waals surface area contributed by atoms with Crippen molar-refractivity contribution in [3.8, 4) is 0 Å². The molecule has 1 amide bonds. The van der Waals surface area contributed by atoms with Gasteiger partial charge in [0.2, 0.25) is 5.91 Å². The van der Waals surface area contributed by atoms with Crippen molar-refractivity contribution in [2.75, 3.05) is 29.0 Å². The molecule has 2 aromatic carbocycles. The van der Waals surface area contributed by atoms with Crippen LogP contribution in [0.4, 0.5) is 22.9 Å². The number of benzene rings is 2. The lowest BCUT2D eigenvalue weighted by atomic mass is 10.2. The second-order valence-corrected chi connectivity index (χ2v) is 8.07. The summed E-state index contributed by atoms with van der Waals surface area (Å²) in [6.07, 6.45) is 1.35. The van der Waals surface area contributed by atoms with Gasteiger partial charge in [-0.1, -0.05) is 49.7 Å². The number of unbranched alkanes of at least 4 members (excludes halogenated alkanes) is 1. The first kappa shape index (κ1) is 25.2. The third kappa shape index (κ3) is 5.94. The van der Waals surface area contributed by atoms with Crippen LogP contribution in [-0.2, 0) is 11.3 Å². The van der Waals surface area contributed by atoms with Crippen LogP contribution in [-0.4, -0.2) is 33.5 Å². The minimum absolute atomic E-state index is 0.100. The number of rotatable bonds is 10. The maximum absolute atomic E-state index is 13.2. The summed E-state index contributed by atoms with van der Waals surface area (Å²) >= 11 is 0. The average molecular weight is 481 g/mol. The van der Waals surface area contributed by atoms with Crippen LogP contribution >= 0.6 is 0 Å². The smallest absolute Gasteiger partial charge is 0.330 e. The van der Waals surface area contributed by atoms with Gasteiger partial charge in [0.25, 0.3) is 11.2 Å². The van der Waals surface area contributed by atoms with Crippen molar-refractivity contribution in [2.45, 2.75) is 33.2 Å². The Morgan fingerprint density at radius 2 is 1.91 bits per heavy atom. The quantitative estimate of drug-likeness (QED) is 0.297. The molecule has 0 spiro atoms. The monoisotopic (exact) mass is 480 g/mol. The molecule has 1 aromatic heterocycles. The van der Waals surface area contributed by atoms with Crippen molar-refractivity contribution in [1.82, 2.24) is 9.55 Å². The molecule has 35 heavy (non-hydrogen) atoms. The van der Waals surface area contributed by atoms with E-state index < -0.39 is 22.1 Å². The van der Waals surface area contributed by atoms with Gasteiger partial charge >= 0.3 is 5.69 Å². The van der Waals surface area contributed by atoms with E-state index in [9.17, 15) is 24.5 Å². The predicted octanol–water partition coefficient (Wildman–Crippen LogP) is 2.63. The minimum atomic E-state index is -0.757. The number of hydrogen-bond acceptors (Lipinski definition) is 7. The van der Waals surface area contributed by atoms with Gasteiger partial charge in [0.15, 0.2) is 5.69 Å². The zero-order valence-electron chi connectivity index (χ0n) is 19.6. The molecular formula is C24H28N6O5. The molecule has 0 aliphatic rings. The molecule has 0 fully saturated rings. The first-order valence-corrected chi connectivity index (χ1v) is 11.2. The number of nitrogens with two attached hydrogens (primary N) is 1. The number of hydrogen-bond donors (Lipinski definition) is 3. The molecule has 11 nitrogen and oxygen atoms in total. The lowest BCUT2D eigenvalue weighted by Crippen LogP contribution is -2.43. The van der Waals surface area contributed by atoms with Crippen LogP contribution in [0, 0.1) is 17.0 Å². The topological polar surface area (TPSA) is 156 Å². The summed E-state index contributed by atoms with van der Waals surface area (Å²) in [4.78, 5) is 52.7. The zero-order valence-corrected chi connectivity index (χ0v) is 19.6. The summed E-state index contributed by atoms with van der Waals surface area (Å²) in [6.45, 7) is 3.80. The van der Waals surface area contributed by atoms with Gasteiger partial charge in [0, 0.05) is 24.4 Å². The summed E-state index contributed by atoms with van der Waals surface area (Å²) in [6, 6.07) is 13.4.